The fraction of sp³-hybridized carbons (Fsp3) is 0.545. The molecule has 1 saturated heterocycles. The minimum absolute atomic E-state index is 0.0127. The number of carbonyl (C=O) groups excluding carboxylic acids is 1. The lowest BCUT2D eigenvalue weighted by Gasteiger charge is -2.16. The standard InChI is InChI=1S/C11H14FN3O5S/c1-19-9-4-8(13-11(14-9)20-2)15-5-7(3-10(15)16)6-21(12,17)18/h4,7H,3,5-6H2,1-2H3. The topological polar surface area (TPSA) is 98.7 Å². The Kier molecular flexibility index (Phi) is 4.26. The monoisotopic (exact) mass is 319 g/mol. The summed E-state index contributed by atoms with van der Waals surface area (Å²) in [5, 5.41) is 0. The molecule has 1 amide bonds. The molecule has 1 fully saturated rings. The van der Waals surface area contributed by atoms with Gasteiger partial charge in [-0.05, 0) is 0 Å². The molecule has 1 aromatic rings. The van der Waals surface area contributed by atoms with Crippen LogP contribution >= 0.6 is 0 Å². The van der Waals surface area contributed by atoms with E-state index in [1.807, 2.05) is 0 Å². The number of hydrogen-bond donors (Lipinski definition) is 0. The Balaban J connectivity index is 2.24. The van der Waals surface area contributed by atoms with Gasteiger partial charge in [-0.25, -0.2) is 0 Å². The lowest BCUT2D eigenvalue weighted by Crippen LogP contribution is -2.26. The largest absolute Gasteiger partial charge is 0.481 e. The summed E-state index contributed by atoms with van der Waals surface area (Å²) in [4.78, 5) is 21.1. The molecule has 1 aliphatic rings. The van der Waals surface area contributed by atoms with Crippen LogP contribution in [0.25, 0.3) is 0 Å². The van der Waals surface area contributed by atoms with Crippen LogP contribution in [0.15, 0.2) is 6.07 Å². The van der Waals surface area contributed by atoms with E-state index in [0.717, 1.165) is 0 Å². The SMILES string of the molecule is COc1cc(N2CC(CS(=O)(=O)F)CC2=O)nc(OC)n1. The van der Waals surface area contributed by atoms with Gasteiger partial charge in [0.25, 0.3) is 0 Å². The van der Waals surface area contributed by atoms with Crippen LogP contribution in [0.5, 0.6) is 11.9 Å². The van der Waals surface area contributed by atoms with Gasteiger partial charge in [-0.3, -0.25) is 9.69 Å². The van der Waals surface area contributed by atoms with Crippen LogP contribution < -0.4 is 14.4 Å². The van der Waals surface area contributed by atoms with Crippen LogP contribution in [0, 0.1) is 5.92 Å². The third-order valence-electron chi connectivity index (χ3n) is 2.98. The average Bonchev–Trinajstić information content (AvgIpc) is 2.76. The number of ether oxygens (including phenoxy) is 2. The molecule has 0 aromatic carbocycles. The number of aromatic nitrogens is 2. The van der Waals surface area contributed by atoms with Crippen molar-refractivity contribution in [2.75, 3.05) is 31.4 Å². The van der Waals surface area contributed by atoms with E-state index in [1.54, 1.807) is 0 Å². The van der Waals surface area contributed by atoms with Gasteiger partial charge in [-0.15, -0.1) is 3.89 Å². The second-order valence-electron chi connectivity index (χ2n) is 4.54. The first-order valence-corrected chi connectivity index (χ1v) is 7.57. The highest BCUT2D eigenvalue weighted by Gasteiger charge is 2.34. The highest BCUT2D eigenvalue weighted by atomic mass is 32.3. The Hall–Kier alpha value is -1.97. The van der Waals surface area contributed by atoms with E-state index < -0.39 is 21.9 Å². The van der Waals surface area contributed by atoms with Crippen molar-refractivity contribution in [3.63, 3.8) is 0 Å². The number of rotatable bonds is 5. The molecule has 0 aliphatic carbocycles. The molecule has 1 aromatic heterocycles. The zero-order chi connectivity index (χ0) is 15.6. The van der Waals surface area contributed by atoms with E-state index >= 15 is 0 Å². The van der Waals surface area contributed by atoms with Gasteiger partial charge in [0.2, 0.25) is 11.8 Å². The van der Waals surface area contributed by atoms with Crippen LogP contribution in [-0.4, -0.2) is 50.8 Å². The second kappa shape index (κ2) is 5.80. The van der Waals surface area contributed by atoms with Crippen LogP contribution in [0.1, 0.15) is 6.42 Å². The first kappa shape index (κ1) is 15.4. The van der Waals surface area contributed by atoms with E-state index in [2.05, 4.69) is 9.97 Å². The highest BCUT2D eigenvalue weighted by molar-refractivity contribution is 7.86. The van der Waals surface area contributed by atoms with Gasteiger partial charge >= 0.3 is 16.2 Å². The second-order valence-corrected chi connectivity index (χ2v) is 5.95. The van der Waals surface area contributed by atoms with Gasteiger partial charge in [-0.2, -0.15) is 18.4 Å². The van der Waals surface area contributed by atoms with Crippen LogP contribution in [0.4, 0.5) is 9.70 Å². The molecule has 0 radical (unpaired) electrons. The molecule has 1 aliphatic heterocycles. The number of halogens is 1. The van der Waals surface area contributed by atoms with Gasteiger partial charge in [0, 0.05) is 24.9 Å². The molecule has 2 heterocycles. The Morgan fingerprint density at radius 2 is 2.10 bits per heavy atom. The van der Waals surface area contributed by atoms with E-state index in [4.69, 9.17) is 9.47 Å². The molecule has 2 rings (SSSR count). The molecule has 0 bridgehead atoms. The molecule has 21 heavy (non-hydrogen) atoms. The number of anilines is 1. The fourth-order valence-electron chi connectivity index (χ4n) is 2.12. The zero-order valence-corrected chi connectivity index (χ0v) is 12.3. The summed E-state index contributed by atoms with van der Waals surface area (Å²) in [6.07, 6.45) is -0.0578. The van der Waals surface area contributed by atoms with Gasteiger partial charge in [0.1, 0.15) is 5.82 Å². The average molecular weight is 319 g/mol. The first-order chi connectivity index (χ1) is 9.82. The predicted octanol–water partition coefficient (Wildman–Crippen LogP) is 0.146. The molecule has 10 heteroatoms. The molecular weight excluding hydrogens is 305 g/mol. The highest BCUT2D eigenvalue weighted by Crippen LogP contribution is 2.28. The number of carbonyl (C=O) groups is 1. The van der Waals surface area contributed by atoms with E-state index in [0.29, 0.717) is 0 Å². The maximum atomic E-state index is 12.7. The van der Waals surface area contributed by atoms with Gasteiger partial charge in [0.15, 0.2) is 0 Å². The number of hydrogen-bond acceptors (Lipinski definition) is 7. The maximum Gasteiger partial charge on any atom is 0.321 e. The number of nitrogens with zero attached hydrogens (tertiary/aromatic N) is 3. The third kappa shape index (κ3) is 3.78. The van der Waals surface area contributed by atoms with E-state index in [1.165, 1.54) is 25.2 Å². The van der Waals surface area contributed by atoms with Crippen molar-refractivity contribution in [3.05, 3.63) is 6.07 Å². The molecule has 0 saturated carbocycles. The summed E-state index contributed by atoms with van der Waals surface area (Å²) in [6, 6.07) is 1.44. The van der Waals surface area contributed by atoms with Gasteiger partial charge < -0.3 is 9.47 Å². The minimum atomic E-state index is -4.62. The molecular formula is C11H14FN3O5S. The Labute approximate surface area is 121 Å². The zero-order valence-electron chi connectivity index (χ0n) is 11.4. The number of amides is 1. The van der Waals surface area contributed by atoms with E-state index in [-0.39, 0.29) is 36.6 Å². The van der Waals surface area contributed by atoms with Crippen molar-refractivity contribution >= 4 is 21.9 Å². The molecule has 8 nitrogen and oxygen atoms in total. The maximum absolute atomic E-state index is 12.7. The lowest BCUT2D eigenvalue weighted by atomic mass is 10.1. The van der Waals surface area contributed by atoms with Gasteiger partial charge in [0.05, 0.1) is 20.0 Å². The summed E-state index contributed by atoms with van der Waals surface area (Å²) in [5.74, 6) is -1.21. The summed E-state index contributed by atoms with van der Waals surface area (Å²) < 4.78 is 43.9. The third-order valence-corrected chi connectivity index (χ3v) is 3.85. The molecule has 0 spiro atoms. The summed E-state index contributed by atoms with van der Waals surface area (Å²) in [7, 11) is -1.86. The summed E-state index contributed by atoms with van der Waals surface area (Å²) in [6.45, 7) is 0.0608. The quantitative estimate of drug-likeness (QED) is 0.712. The van der Waals surface area contributed by atoms with Crippen molar-refractivity contribution in [2.45, 2.75) is 6.42 Å². The van der Waals surface area contributed by atoms with Crippen LogP contribution in [-0.2, 0) is 15.0 Å². The lowest BCUT2D eigenvalue weighted by molar-refractivity contribution is -0.117. The first-order valence-electron chi connectivity index (χ1n) is 6.02. The Morgan fingerprint density at radius 1 is 1.38 bits per heavy atom. The Bertz CT molecular complexity index is 629. The summed E-state index contributed by atoms with van der Waals surface area (Å²) >= 11 is 0. The molecule has 116 valence electrons. The summed E-state index contributed by atoms with van der Waals surface area (Å²) in [5.41, 5.74) is 0. The molecule has 0 N–H and O–H groups in total. The molecule has 1 atom stereocenters. The van der Waals surface area contributed by atoms with Crippen molar-refractivity contribution in [2.24, 2.45) is 5.92 Å². The van der Waals surface area contributed by atoms with Crippen LogP contribution in [0.3, 0.4) is 0 Å². The van der Waals surface area contributed by atoms with Crippen molar-refractivity contribution in [1.29, 1.82) is 0 Å². The van der Waals surface area contributed by atoms with E-state index in [9.17, 15) is 17.1 Å². The van der Waals surface area contributed by atoms with Crippen molar-refractivity contribution < 1.29 is 26.6 Å². The number of methoxy groups -OCH3 is 2. The van der Waals surface area contributed by atoms with Crippen molar-refractivity contribution in [1.82, 2.24) is 9.97 Å². The van der Waals surface area contributed by atoms with Crippen LogP contribution in [0.2, 0.25) is 0 Å². The Morgan fingerprint density at radius 3 is 2.67 bits per heavy atom. The molecule has 1 unspecified atom stereocenters. The minimum Gasteiger partial charge on any atom is -0.481 e. The predicted molar refractivity (Wildman–Crippen MR) is 70.5 cm³/mol. The normalized spacial score (nSPS) is 18.9. The van der Waals surface area contributed by atoms with Crippen molar-refractivity contribution in [3.8, 4) is 11.9 Å². The smallest absolute Gasteiger partial charge is 0.321 e. The fourth-order valence-corrected chi connectivity index (χ4v) is 2.91. The van der Waals surface area contributed by atoms with Gasteiger partial charge in [-0.1, -0.05) is 0 Å².